The van der Waals surface area contributed by atoms with Gasteiger partial charge >= 0.3 is 5.63 Å². The second kappa shape index (κ2) is 6.45. The fraction of sp³-hybridized carbons (Fsp3) is 0.286. The summed E-state index contributed by atoms with van der Waals surface area (Å²) >= 11 is 0. The number of halogens is 2. The number of nitrogens with zero attached hydrogens (tertiary/aromatic N) is 1. The summed E-state index contributed by atoms with van der Waals surface area (Å²) < 4.78 is 29.9. The Hall–Kier alpha value is -2.28. The van der Waals surface area contributed by atoms with E-state index >= 15 is 0 Å². The van der Waals surface area contributed by atoms with Crippen LogP contribution in [0.15, 0.2) is 39.5 Å². The number of hydrogen-bond acceptors (Lipinski definition) is 4. The van der Waals surface area contributed by atoms with Gasteiger partial charge in [0.05, 0.1) is 13.2 Å². The first-order chi connectivity index (χ1) is 10.0. The summed E-state index contributed by atoms with van der Waals surface area (Å²) in [5.74, 6) is -0.885. The van der Waals surface area contributed by atoms with Gasteiger partial charge in [0.2, 0.25) is 0 Å². The zero-order valence-electron chi connectivity index (χ0n) is 11.0. The van der Waals surface area contributed by atoms with Gasteiger partial charge in [-0.25, -0.2) is 13.6 Å². The van der Waals surface area contributed by atoms with Crippen LogP contribution in [0.2, 0.25) is 0 Å². The molecule has 0 radical (unpaired) electrons. The average molecular weight is 297 g/mol. The van der Waals surface area contributed by atoms with E-state index in [0.717, 1.165) is 4.90 Å². The van der Waals surface area contributed by atoms with Gasteiger partial charge in [-0.3, -0.25) is 4.79 Å². The maximum absolute atomic E-state index is 12.5. The molecule has 1 amide bonds. The van der Waals surface area contributed by atoms with Crippen molar-refractivity contribution in [2.45, 2.75) is 6.43 Å². The van der Waals surface area contributed by atoms with Gasteiger partial charge in [-0.15, -0.1) is 0 Å². The second-order valence-corrected chi connectivity index (χ2v) is 4.35. The highest BCUT2D eigenvalue weighted by Crippen LogP contribution is 2.14. The highest BCUT2D eigenvalue weighted by molar-refractivity contribution is 5.96. The van der Waals surface area contributed by atoms with Crippen LogP contribution in [0.5, 0.6) is 0 Å². The van der Waals surface area contributed by atoms with Crippen LogP contribution in [0, 0.1) is 0 Å². The van der Waals surface area contributed by atoms with Crippen LogP contribution >= 0.6 is 0 Å². The largest absolute Gasteiger partial charge is 0.422 e. The maximum Gasteiger partial charge on any atom is 0.349 e. The van der Waals surface area contributed by atoms with Gasteiger partial charge in [-0.2, -0.15) is 0 Å². The Bertz CT molecular complexity index is 699. The van der Waals surface area contributed by atoms with Gasteiger partial charge in [-0.05, 0) is 12.1 Å². The Morgan fingerprint density at radius 2 is 2.05 bits per heavy atom. The van der Waals surface area contributed by atoms with E-state index in [0.29, 0.717) is 11.0 Å². The highest BCUT2D eigenvalue weighted by atomic mass is 19.3. The van der Waals surface area contributed by atoms with Crippen LogP contribution < -0.4 is 5.63 Å². The van der Waals surface area contributed by atoms with E-state index in [9.17, 15) is 18.4 Å². The number of aliphatic hydroxyl groups excluding tert-OH is 1. The van der Waals surface area contributed by atoms with Crippen LogP contribution in [0.4, 0.5) is 8.78 Å². The van der Waals surface area contributed by atoms with Crippen molar-refractivity contribution in [3.63, 3.8) is 0 Å². The molecule has 0 bridgehead atoms. The van der Waals surface area contributed by atoms with Crippen molar-refractivity contribution in [2.75, 3.05) is 19.7 Å². The molecule has 21 heavy (non-hydrogen) atoms. The average Bonchev–Trinajstić information content (AvgIpc) is 2.45. The van der Waals surface area contributed by atoms with E-state index < -0.39 is 31.1 Å². The molecule has 0 atom stereocenters. The van der Waals surface area contributed by atoms with Gasteiger partial charge in [-0.1, -0.05) is 18.2 Å². The maximum atomic E-state index is 12.5. The monoisotopic (exact) mass is 297 g/mol. The molecule has 0 spiro atoms. The lowest BCUT2D eigenvalue weighted by molar-refractivity contribution is 0.0506. The van der Waals surface area contributed by atoms with Crippen LogP contribution in [-0.4, -0.2) is 42.0 Å². The minimum Gasteiger partial charge on any atom is -0.422 e. The molecule has 0 saturated heterocycles. The van der Waals surface area contributed by atoms with Crippen LogP contribution in [0.3, 0.4) is 0 Å². The SMILES string of the molecule is O=C(c1cc2ccccc2oc1=O)N(CCO)CC(F)F. The number of para-hydroxylation sites is 1. The van der Waals surface area contributed by atoms with Gasteiger partial charge in [0.25, 0.3) is 12.3 Å². The third kappa shape index (κ3) is 3.43. The summed E-state index contributed by atoms with van der Waals surface area (Å²) in [6.07, 6.45) is -2.76. The van der Waals surface area contributed by atoms with E-state index in [2.05, 4.69) is 0 Å². The third-order valence-electron chi connectivity index (χ3n) is 2.89. The second-order valence-electron chi connectivity index (χ2n) is 4.35. The molecule has 1 aromatic heterocycles. The summed E-state index contributed by atoms with van der Waals surface area (Å²) in [7, 11) is 0. The standard InChI is InChI=1S/C14H13F2NO4/c15-12(16)8-17(5-6-18)13(19)10-7-9-3-1-2-4-11(9)21-14(10)20/h1-4,7,12,18H,5-6,8H2. The molecule has 2 aromatic rings. The van der Waals surface area contributed by atoms with Crippen molar-refractivity contribution < 1.29 is 23.1 Å². The fourth-order valence-electron chi connectivity index (χ4n) is 1.94. The quantitative estimate of drug-likeness (QED) is 0.849. The molecule has 0 unspecified atom stereocenters. The minimum absolute atomic E-state index is 0.282. The first-order valence-corrected chi connectivity index (χ1v) is 6.24. The van der Waals surface area contributed by atoms with Crippen LogP contribution in [0.1, 0.15) is 10.4 Å². The van der Waals surface area contributed by atoms with Crippen molar-refractivity contribution in [3.05, 3.63) is 46.3 Å². The van der Waals surface area contributed by atoms with Crippen molar-refractivity contribution >= 4 is 16.9 Å². The Balaban J connectivity index is 2.41. The summed E-state index contributed by atoms with van der Waals surface area (Å²) in [4.78, 5) is 24.7. The van der Waals surface area contributed by atoms with E-state index in [1.807, 2.05) is 0 Å². The van der Waals surface area contributed by atoms with Crippen LogP contribution in [0.25, 0.3) is 11.0 Å². The van der Waals surface area contributed by atoms with E-state index in [4.69, 9.17) is 9.52 Å². The number of carbonyl (C=O) groups excluding carboxylic acids is 1. The van der Waals surface area contributed by atoms with Gasteiger partial charge < -0.3 is 14.4 Å². The zero-order chi connectivity index (χ0) is 15.4. The topological polar surface area (TPSA) is 70.8 Å². The molecular formula is C14H13F2NO4. The Kier molecular flexibility index (Phi) is 4.64. The molecule has 0 aliphatic carbocycles. The van der Waals surface area contributed by atoms with Crippen molar-refractivity contribution in [1.29, 1.82) is 0 Å². The number of hydrogen-bond donors (Lipinski definition) is 1. The lowest BCUT2D eigenvalue weighted by Crippen LogP contribution is -2.39. The predicted octanol–water partition coefficient (Wildman–Crippen LogP) is 1.49. The number of amides is 1. The molecule has 1 heterocycles. The molecule has 2 rings (SSSR count). The smallest absolute Gasteiger partial charge is 0.349 e. The van der Waals surface area contributed by atoms with Crippen LogP contribution in [-0.2, 0) is 0 Å². The Labute approximate surface area is 118 Å². The van der Waals surface area contributed by atoms with Gasteiger partial charge in [0.15, 0.2) is 0 Å². The predicted molar refractivity (Wildman–Crippen MR) is 71.5 cm³/mol. The van der Waals surface area contributed by atoms with Gasteiger partial charge in [0, 0.05) is 11.9 Å². The molecule has 0 aliphatic rings. The molecule has 7 heteroatoms. The number of benzene rings is 1. The number of alkyl halides is 2. The highest BCUT2D eigenvalue weighted by Gasteiger charge is 2.22. The first-order valence-electron chi connectivity index (χ1n) is 6.24. The zero-order valence-corrected chi connectivity index (χ0v) is 11.0. The summed E-state index contributed by atoms with van der Waals surface area (Å²) in [5.41, 5.74) is -0.916. The molecule has 1 N–H and O–H groups in total. The Morgan fingerprint density at radius 1 is 1.33 bits per heavy atom. The molecule has 1 aromatic carbocycles. The lowest BCUT2D eigenvalue weighted by atomic mass is 10.1. The molecule has 0 aliphatic heterocycles. The van der Waals surface area contributed by atoms with Crippen molar-refractivity contribution in [2.24, 2.45) is 0 Å². The molecule has 0 fully saturated rings. The molecule has 112 valence electrons. The summed E-state index contributed by atoms with van der Waals surface area (Å²) in [6.45, 7) is -1.61. The summed E-state index contributed by atoms with van der Waals surface area (Å²) in [5, 5.41) is 9.36. The normalized spacial score (nSPS) is 11.0. The number of fused-ring (bicyclic) bond motifs is 1. The fourth-order valence-corrected chi connectivity index (χ4v) is 1.94. The summed E-state index contributed by atoms with van der Waals surface area (Å²) in [6, 6.07) is 7.87. The van der Waals surface area contributed by atoms with Gasteiger partial charge in [0.1, 0.15) is 11.1 Å². The van der Waals surface area contributed by atoms with E-state index in [1.54, 1.807) is 24.3 Å². The first kappa shape index (κ1) is 15.1. The van der Waals surface area contributed by atoms with Crippen molar-refractivity contribution in [3.8, 4) is 0 Å². The molecule has 5 nitrogen and oxygen atoms in total. The lowest BCUT2D eigenvalue weighted by Gasteiger charge is -2.20. The van der Waals surface area contributed by atoms with Crippen molar-refractivity contribution in [1.82, 2.24) is 4.90 Å². The molecular weight excluding hydrogens is 284 g/mol. The van der Waals surface area contributed by atoms with E-state index in [-0.39, 0.29) is 12.1 Å². The van der Waals surface area contributed by atoms with E-state index in [1.165, 1.54) is 6.07 Å². The number of carbonyl (C=O) groups is 1. The number of rotatable bonds is 5. The minimum atomic E-state index is -2.76. The molecule has 0 saturated carbocycles. The Morgan fingerprint density at radius 3 is 2.71 bits per heavy atom. The third-order valence-corrected chi connectivity index (χ3v) is 2.89. The number of aliphatic hydroxyl groups is 1.